The predicted octanol–water partition coefficient (Wildman–Crippen LogP) is 3.11. The van der Waals surface area contributed by atoms with Crippen LogP contribution in [0.4, 0.5) is 0 Å². The van der Waals surface area contributed by atoms with Gasteiger partial charge < -0.3 is 14.4 Å². The van der Waals surface area contributed by atoms with Gasteiger partial charge in [-0.2, -0.15) is 0 Å². The summed E-state index contributed by atoms with van der Waals surface area (Å²) in [6, 6.07) is 8.39. The summed E-state index contributed by atoms with van der Waals surface area (Å²) in [5.74, 6) is 0.180. The highest BCUT2D eigenvalue weighted by atomic mass is 16.5. The first kappa shape index (κ1) is 16.5. The SMILES string of the molecule is C[C@@H]1CC[C@@H](CCC(=O)N(C)C[C@H]2OCCc3ccccc32)O1. The number of carbonyl (C=O) groups excluding carboxylic acids is 1. The number of hydrogen-bond acceptors (Lipinski definition) is 3. The fourth-order valence-corrected chi connectivity index (χ4v) is 3.55. The molecule has 0 aliphatic carbocycles. The summed E-state index contributed by atoms with van der Waals surface area (Å²) in [5, 5.41) is 0. The van der Waals surface area contributed by atoms with Crippen molar-refractivity contribution in [2.75, 3.05) is 20.2 Å². The molecule has 0 unspecified atom stereocenters. The standard InChI is InChI=1S/C19H27NO3/c1-14-7-8-16(23-14)9-10-19(21)20(2)13-18-17-6-4-3-5-15(17)11-12-22-18/h3-6,14,16,18H,7-13H2,1-2H3/t14-,16+,18-/m1/s1. The van der Waals surface area contributed by atoms with Crippen LogP contribution in [-0.4, -0.2) is 43.2 Å². The Hall–Kier alpha value is -1.39. The van der Waals surface area contributed by atoms with Crippen LogP contribution in [0.15, 0.2) is 24.3 Å². The smallest absolute Gasteiger partial charge is 0.222 e. The Morgan fingerprint density at radius 2 is 2.13 bits per heavy atom. The molecular formula is C19H27NO3. The van der Waals surface area contributed by atoms with Gasteiger partial charge >= 0.3 is 0 Å². The Labute approximate surface area is 138 Å². The summed E-state index contributed by atoms with van der Waals surface area (Å²) in [7, 11) is 1.88. The molecule has 2 aliphatic heterocycles. The van der Waals surface area contributed by atoms with E-state index in [2.05, 4.69) is 25.1 Å². The van der Waals surface area contributed by atoms with Gasteiger partial charge in [-0.3, -0.25) is 4.79 Å². The highest BCUT2D eigenvalue weighted by Crippen LogP contribution is 2.28. The van der Waals surface area contributed by atoms with Crippen LogP contribution < -0.4 is 0 Å². The average Bonchev–Trinajstić information content (AvgIpc) is 2.98. The molecule has 3 rings (SSSR count). The van der Waals surface area contributed by atoms with Crippen molar-refractivity contribution in [1.82, 2.24) is 4.90 Å². The van der Waals surface area contributed by atoms with E-state index in [1.54, 1.807) is 0 Å². The van der Waals surface area contributed by atoms with E-state index in [0.717, 1.165) is 32.3 Å². The second kappa shape index (κ2) is 7.45. The van der Waals surface area contributed by atoms with Crippen LogP contribution >= 0.6 is 0 Å². The van der Waals surface area contributed by atoms with Gasteiger partial charge in [0.05, 0.1) is 25.4 Å². The number of rotatable bonds is 5. The summed E-state index contributed by atoms with van der Waals surface area (Å²) < 4.78 is 11.7. The molecular weight excluding hydrogens is 290 g/mol. The van der Waals surface area contributed by atoms with Gasteiger partial charge in [0.25, 0.3) is 0 Å². The lowest BCUT2D eigenvalue weighted by atomic mass is 9.97. The zero-order chi connectivity index (χ0) is 16.2. The van der Waals surface area contributed by atoms with E-state index in [0.29, 0.717) is 19.1 Å². The Bertz CT molecular complexity index is 545. The number of ether oxygens (including phenoxy) is 2. The molecule has 1 fully saturated rings. The Morgan fingerprint density at radius 3 is 2.91 bits per heavy atom. The van der Waals surface area contributed by atoms with Crippen LogP contribution in [0.5, 0.6) is 0 Å². The maximum atomic E-state index is 12.4. The second-order valence-electron chi connectivity index (χ2n) is 6.77. The molecule has 2 aliphatic rings. The highest BCUT2D eigenvalue weighted by molar-refractivity contribution is 5.75. The van der Waals surface area contributed by atoms with Gasteiger partial charge in [-0.05, 0) is 43.7 Å². The van der Waals surface area contributed by atoms with Crippen molar-refractivity contribution in [3.63, 3.8) is 0 Å². The number of fused-ring (bicyclic) bond motifs is 1. The molecule has 23 heavy (non-hydrogen) atoms. The van der Waals surface area contributed by atoms with Gasteiger partial charge in [0, 0.05) is 13.5 Å². The third kappa shape index (κ3) is 4.12. The third-order valence-electron chi connectivity index (χ3n) is 4.96. The summed E-state index contributed by atoms with van der Waals surface area (Å²) in [5.41, 5.74) is 2.57. The van der Waals surface area contributed by atoms with E-state index < -0.39 is 0 Å². The number of carbonyl (C=O) groups is 1. The molecule has 0 bridgehead atoms. The van der Waals surface area contributed by atoms with Crippen molar-refractivity contribution in [2.45, 2.75) is 57.3 Å². The lowest BCUT2D eigenvalue weighted by Crippen LogP contribution is -2.34. The van der Waals surface area contributed by atoms with E-state index in [4.69, 9.17) is 9.47 Å². The number of nitrogens with zero attached hydrogens (tertiary/aromatic N) is 1. The van der Waals surface area contributed by atoms with E-state index in [1.807, 2.05) is 18.0 Å². The maximum Gasteiger partial charge on any atom is 0.222 e. The molecule has 1 aromatic rings. The van der Waals surface area contributed by atoms with E-state index >= 15 is 0 Å². The largest absolute Gasteiger partial charge is 0.375 e. The van der Waals surface area contributed by atoms with Crippen molar-refractivity contribution in [3.8, 4) is 0 Å². The normalized spacial score (nSPS) is 26.8. The van der Waals surface area contributed by atoms with Crippen LogP contribution in [0.1, 0.15) is 49.8 Å². The van der Waals surface area contributed by atoms with Crippen LogP contribution in [-0.2, 0) is 20.7 Å². The van der Waals surface area contributed by atoms with E-state index in [1.165, 1.54) is 11.1 Å². The molecule has 0 spiro atoms. The van der Waals surface area contributed by atoms with E-state index in [-0.39, 0.29) is 18.1 Å². The molecule has 1 saturated heterocycles. The number of hydrogen-bond donors (Lipinski definition) is 0. The van der Waals surface area contributed by atoms with Crippen molar-refractivity contribution in [2.24, 2.45) is 0 Å². The molecule has 3 atom stereocenters. The van der Waals surface area contributed by atoms with Crippen LogP contribution in [0.2, 0.25) is 0 Å². The molecule has 0 aromatic heterocycles. The number of benzene rings is 1. The molecule has 0 saturated carbocycles. The summed E-state index contributed by atoms with van der Waals surface area (Å²) in [4.78, 5) is 14.2. The van der Waals surface area contributed by atoms with Gasteiger partial charge in [-0.25, -0.2) is 0 Å². The van der Waals surface area contributed by atoms with Crippen LogP contribution in [0, 0.1) is 0 Å². The fraction of sp³-hybridized carbons (Fsp3) is 0.632. The van der Waals surface area contributed by atoms with Crippen LogP contribution in [0.25, 0.3) is 0 Å². The van der Waals surface area contributed by atoms with Crippen molar-refractivity contribution in [1.29, 1.82) is 0 Å². The van der Waals surface area contributed by atoms with Gasteiger partial charge in [0.2, 0.25) is 5.91 Å². The lowest BCUT2D eigenvalue weighted by Gasteiger charge is -2.30. The average molecular weight is 317 g/mol. The Balaban J connectivity index is 1.51. The molecule has 1 amide bonds. The van der Waals surface area contributed by atoms with Gasteiger partial charge in [-0.15, -0.1) is 0 Å². The zero-order valence-corrected chi connectivity index (χ0v) is 14.2. The predicted molar refractivity (Wildman–Crippen MR) is 89.3 cm³/mol. The van der Waals surface area contributed by atoms with Crippen molar-refractivity contribution >= 4 is 5.91 Å². The number of likely N-dealkylation sites (N-methyl/N-ethyl adjacent to an activating group) is 1. The first-order chi connectivity index (χ1) is 11.1. The minimum absolute atomic E-state index is 0.00310. The molecule has 2 heterocycles. The fourth-order valence-electron chi connectivity index (χ4n) is 3.55. The molecule has 4 nitrogen and oxygen atoms in total. The lowest BCUT2D eigenvalue weighted by molar-refractivity contribution is -0.132. The van der Waals surface area contributed by atoms with Gasteiger partial charge in [-0.1, -0.05) is 24.3 Å². The number of amides is 1. The Morgan fingerprint density at radius 1 is 1.30 bits per heavy atom. The quantitative estimate of drug-likeness (QED) is 0.837. The summed E-state index contributed by atoms with van der Waals surface area (Å²) in [6.45, 7) is 3.46. The topological polar surface area (TPSA) is 38.8 Å². The molecule has 0 N–H and O–H groups in total. The molecule has 0 radical (unpaired) electrons. The Kier molecular flexibility index (Phi) is 5.34. The van der Waals surface area contributed by atoms with Gasteiger partial charge in [0.15, 0.2) is 0 Å². The highest BCUT2D eigenvalue weighted by Gasteiger charge is 2.25. The molecule has 126 valence electrons. The third-order valence-corrected chi connectivity index (χ3v) is 4.96. The molecule has 1 aromatic carbocycles. The monoisotopic (exact) mass is 317 g/mol. The summed E-state index contributed by atoms with van der Waals surface area (Å²) in [6.07, 6.45) is 5.14. The maximum absolute atomic E-state index is 12.4. The van der Waals surface area contributed by atoms with Crippen molar-refractivity contribution < 1.29 is 14.3 Å². The minimum Gasteiger partial charge on any atom is -0.375 e. The van der Waals surface area contributed by atoms with E-state index in [9.17, 15) is 4.79 Å². The van der Waals surface area contributed by atoms with Crippen LogP contribution in [0.3, 0.4) is 0 Å². The van der Waals surface area contributed by atoms with Gasteiger partial charge in [0.1, 0.15) is 6.10 Å². The molecule has 4 heteroatoms. The minimum atomic E-state index is -0.00310. The second-order valence-corrected chi connectivity index (χ2v) is 6.77. The van der Waals surface area contributed by atoms with Crippen molar-refractivity contribution in [3.05, 3.63) is 35.4 Å². The first-order valence-corrected chi connectivity index (χ1v) is 8.72. The first-order valence-electron chi connectivity index (χ1n) is 8.72. The summed E-state index contributed by atoms with van der Waals surface area (Å²) >= 11 is 0. The zero-order valence-electron chi connectivity index (χ0n) is 14.2.